The first-order valence-corrected chi connectivity index (χ1v) is 8.59. The van der Waals surface area contributed by atoms with Gasteiger partial charge < -0.3 is 15.4 Å². The third kappa shape index (κ3) is 5.40. The summed E-state index contributed by atoms with van der Waals surface area (Å²) in [4.78, 5) is 21.5. The summed E-state index contributed by atoms with van der Waals surface area (Å²) < 4.78 is 13.9. The normalized spacial score (nSPS) is 12.3. The molecule has 0 saturated carbocycles. The highest BCUT2D eigenvalue weighted by molar-refractivity contribution is 6.45. The SMILES string of the molecule is CON=C(C(N)=O)c1ccccc1CON=C/C=C(\C)c1c(F)cccc1Cl. The first kappa shape index (κ1) is 21.1. The number of carbonyl (C=O) groups is 1. The summed E-state index contributed by atoms with van der Waals surface area (Å²) in [6.45, 7) is 1.78. The van der Waals surface area contributed by atoms with Crippen LogP contribution in [-0.4, -0.2) is 24.9 Å². The van der Waals surface area contributed by atoms with Crippen molar-refractivity contribution in [1.82, 2.24) is 0 Å². The molecule has 0 fully saturated rings. The van der Waals surface area contributed by atoms with Crippen LogP contribution in [0.2, 0.25) is 5.02 Å². The molecular weight excluding hydrogens is 385 g/mol. The fourth-order valence-corrected chi connectivity index (χ4v) is 2.76. The molecule has 0 heterocycles. The predicted octanol–water partition coefficient (Wildman–Crippen LogP) is 3.92. The van der Waals surface area contributed by atoms with Gasteiger partial charge in [0.05, 0.1) is 11.2 Å². The van der Waals surface area contributed by atoms with Crippen molar-refractivity contribution in [2.24, 2.45) is 16.0 Å². The lowest BCUT2D eigenvalue weighted by molar-refractivity contribution is -0.112. The van der Waals surface area contributed by atoms with Gasteiger partial charge in [-0.2, -0.15) is 0 Å². The van der Waals surface area contributed by atoms with Crippen molar-refractivity contribution in [3.8, 4) is 0 Å². The van der Waals surface area contributed by atoms with E-state index < -0.39 is 11.7 Å². The largest absolute Gasteiger partial charge is 0.398 e. The number of nitrogens with two attached hydrogens (primary N) is 1. The van der Waals surface area contributed by atoms with E-state index in [0.717, 1.165) is 0 Å². The van der Waals surface area contributed by atoms with Gasteiger partial charge in [-0.25, -0.2) is 4.39 Å². The Bertz CT molecular complexity index is 922. The van der Waals surface area contributed by atoms with Gasteiger partial charge in [-0.15, -0.1) is 0 Å². The highest BCUT2D eigenvalue weighted by Crippen LogP contribution is 2.25. The van der Waals surface area contributed by atoms with E-state index >= 15 is 0 Å². The molecule has 28 heavy (non-hydrogen) atoms. The molecule has 2 rings (SSSR count). The Balaban J connectivity index is 2.10. The third-order valence-corrected chi connectivity index (χ3v) is 4.04. The second-order valence-electron chi connectivity index (χ2n) is 5.62. The van der Waals surface area contributed by atoms with Crippen LogP contribution in [0.15, 0.2) is 58.9 Å². The van der Waals surface area contributed by atoms with Crippen LogP contribution in [-0.2, 0) is 21.1 Å². The molecule has 0 spiro atoms. The van der Waals surface area contributed by atoms with Crippen molar-refractivity contribution in [2.75, 3.05) is 7.11 Å². The molecule has 0 bridgehead atoms. The van der Waals surface area contributed by atoms with E-state index in [1.165, 1.54) is 25.5 Å². The molecule has 0 unspecified atom stereocenters. The number of carbonyl (C=O) groups excluding carboxylic acids is 1. The topological polar surface area (TPSA) is 86.3 Å². The minimum absolute atomic E-state index is 0.0179. The molecule has 0 aromatic heterocycles. The summed E-state index contributed by atoms with van der Waals surface area (Å²) in [5.74, 6) is -1.14. The number of hydrogen-bond acceptors (Lipinski definition) is 5. The summed E-state index contributed by atoms with van der Waals surface area (Å²) in [7, 11) is 1.32. The summed E-state index contributed by atoms with van der Waals surface area (Å²) in [5.41, 5.74) is 7.36. The molecule has 0 aliphatic rings. The Morgan fingerprint density at radius 2 is 2.00 bits per heavy atom. The van der Waals surface area contributed by atoms with E-state index in [2.05, 4.69) is 15.1 Å². The monoisotopic (exact) mass is 403 g/mol. The molecule has 1 amide bonds. The number of oxime groups is 2. The lowest BCUT2D eigenvalue weighted by Crippen LogP contribution is -2.25. The van der Waals surface area contributed by atoms with Gasteiger partial charge in [0.1, 0.15) is 19.5 Å². The van der Waals surface area contributed by atoms with Gasteiger partial charge >= 0.3 is 0 Å². The minimum Gasteiger partial charge on any atom is -0.398 e. The molecule has 0 atom stereocenters. The maximum absolute atomic E-state index is 13.9. The van der Waals surface area contributed by atoms with Gasteiger partial charge in [0, 0.05) is 16.7 Å². The van der Waals surface area contributed by atoms with Crippen LogP contribution >= 0.6 is 11.6 Å². The smallest absolute Gasteiger partial charge is 0.271 e. The number of allylic oxidation sites excluding steroid dienone is 2. The Hall–Kier alpha value is -3.19. The molecule has 2 aromatic rings. The van der Waals surface area contributed by atoms with Crippen LogP contribution in [0.4, 0.5) is 4.39 Å². The van der Waals surface area contributed by atoms with E-state index in [4.69, 9.17) is 22.2 Å². The average molecular weight is 404 g/mol. The van der Waals surface area contributed by atoms with Crippen LogP contribution < -0.4 is 5.73 Å². The van der Waals surface area contributed by atoms with Gasteiger partial charge in [0.25, 0.3) is 5.91 Å². The zero-order valence-electron chi connectivity index (χ0n) is 15.4. The molecule has 0 radical (unpaired) electrons. The highest BCUT2D eigenvalue weighted by Gasteiger charge is 2.15. The summed E-state index contributed by atoms with van der Waals surface area (Å²) in [6.07, 6.45) is 2.97. The van der Waals surface area contributed by atoms with Gasteiger partial charge in [-0.3, -0.25) is 4.79 Å². The lowest BCUT2D eigenvalue weighted by Gasteiger charge is -2.08. The summed E-state index contributed by atoms with van der Waals surface area (Å²) in [5, 5.41) is 7.80. The summed E-state index contributed by atoms with van der Waals surface area (Å²) in [6, 6.07) is 11.4. The second kappa shape index (κ2) is 10.2. The van der Waals surface area contributed by atoms with Crippen LogP contribution in [0.25, 0.3) is 5.57 Å². The Labute approximate surface area is 167 Å². The molecule has 146 valence electrons. The van der Waals surface area contributed by atoms with Gasteiger partial charge in [-0.1, -0.05) is 52.2 Å². The average Bonchev–Trinajstić information content (AvgIpc) is 2.66. The number of nitrogens with zero attached hydrogens (tertiary/aromatic N) is 2. The van der Waals surface area contributed by atoms with E-state index in [-0.39, 0.29) is 12.3 Å². The lowest BCUT2D eigenvalue weighted by atomic mass is 10.0. The van der Waals surface area contributed by atoms with Crippen molar-refractivity contribution in [2.45, 2.75) is 13.5 Å². The van der Waals surface area contributed by atoms with E-state index in [1.54, 1.807) is 43.3 Å². The molecule has 6 nitrogen and oxygen atoms in total. The minimum atomic E-state index is -0.724. The first-order chi connectivity index (χ1) is 13.5. The van der Waals surface area contributed by atoms with E-state index in [0.29, 0.717) is 27.3 Å². The standard InChI is InChI=1S/C20H19ClFN3O3/c1-13(18-16(21)8-5-9-17(18)22)10-11-24-28-12-14-6-3-4-7-15(14)19(20(23)26)25-27-2/h3-11H,12H2,1-2H3,(H2,23,26)/b13-10+,24-11?,25-19?. The predicted molar refractivity (Wildman–Crippen MR) is 108 cm³/mol. The molecular formula is C20H19ClFN3O3. The quantitative estimate of drug-likeness (QED) is 0.535. The van der Waals surface area contributed by atoms with Crippen molar-refractivity contribution >= 4 is 35.0 Å². The number of rotatable bonds is 8. The van der Waals surface area contributed by atoms with Crippen molar-refractivity contribution in [1.29, 1.82) is 0 Å². The van der Waals surface area contributed by atoms with Crippen LogP contribution in [0.3, 0.4) is 0 Å². The maximum atomic E-state index is 13.9. The molecule has 2 aromatic carbocycles. The molecule has 2 N–H and O–H groups in total. The Morgan fingerprint density at radius 3 is 2.68 bits per heavy atom. The van der Waals surface area contributed by atoms with Gasteiger partial charge in [0.15, 0.2) is 5.71 Å². The first-order valence-electron chi connectivity index (χ1n) is 8.21. The van der Waals surface area contributed by atoms with E-state index in [9.17, 15) is 9.18 Å². The van der Waals surface area contributed by atoms with Crippen molar-refractivity contribution in [3.63, 3.8) is 0 Å². The number of hydrogen-bond donors (Lipinski definition) is 1. The number of primary amides is 1. The van der Waals surface area contributed by atoms with Crippen LogP contribution in [0, 0.1) is 5.82 Å². The molecule has 0 aliphatic carbocycles. The molecule has 8 heteroatoms. The summed E-state index contributed by atoms with van der Waals surface area (Å²) >= 11 is 6.03. The zero-order chi connectivity index (χ0) is 20.5. The number of amides is 1. The Morgan fingerprint density at radius 1 is 1.25 bits per heavy atom. The van der Waals surface area contributed by atoms with Crippen LogP contribution in [0.1, 0.15) is 23.6 Å². The second-order valence-corrected chi connectivity index (χ2v) is 6.03. The Kier molecular flexibility index (Phi) is 7.71. The van der Waals surface area contributed by atoms with E-state index in [1.807, 2.05) is 0 Å². The highest BCUT2D eigenvalue weighted by atomic mass is 35.5. The van der Waals surface area contributed by atoms with Crippen molar-refractivity contribution < 1.29 is 18.9 Å². The fourth-order valence-electron chi connectivity index (χ4n) is 2.45. The molecule has 0 saturated heterocycles. The molecule has 0 aliphatic heterocycles. The van der Waals surface area contributed by atoms with Crippen molar-refractivity contribution in [3.05, 3.63) is 76.1 Å². The van der Waals surface area contributed by atoms with Crippen LogP contribution in [0.5, 0.6) is 0 Å². The number of halogens is 2. The number of benzene rings is 2. The zero-order valence-corrected chi connectivity index (χ0v) is 16.1. The van der Waals surface area contributed by atoms with Gasteiger partial charge in [0.2, 0.25) is 0 Å². The van der Waals surface area contributed by atoms with Gasteiger partial charge in [-0.05, 0) is 30.7 Å². The fraction of sp³-hybridized carbons (Fsp3) is 0.150. The third-order valence-electron chi connectivity index (χ3n) is 3.73. The maximum Gasteiger partial charge on any atom is 0.271 e.